The lowest BCUT2D eigenvalue weighted by molar-refractivity contribution is -0.158. The summed E-state index contributed by atoms with van der Waals surface area (Å²) in [5, 5.41) is 0. The number of benzene rings is 1. The molecule has 1 heterocycles. The first-order chi connectivity index (χ1) is 13.1. The molecule has 2 amide bonds. The molecule has 2 aliphatic rings. The van der Waals surface area contributed by atoms with E-state index in [4.69, 9.17) is 4.74 Å². The summed E-state index contributed by atoms with van der Waals surface area (Å²) in [6.45, 7) is 9.56. The smallest absolute Gasteiger partial charge is 0.229 e. The number of amides is 2. The third-order valence-electron chi connectivity index (χ3n) is 7.22. The first kappa shape index (κ1) is 20.7. The lowest BCUT2D eigenvalue weighted by atomic mass is 9.64. The van der Waals surface area contributed by atoms with E-state index in [1.807, 2.05) is 30.0 Å². The molecule has 1 aromatic carbocycles. The molecule has 0 aromatic heterocycles. The van der Waals surface area contributed by atoms with Crippen molar-refractivity contribution in [3.05, 3.63) is 29.8 Å². The maximum atomic E-state index is 13.4. The number of carbonyl (C=O) groups is 2. The molecule has 2 atom stereocenters. The average molecular weight is 387 g/mol. The highest BCUT2D eigenvalue weighted by atomic mass is 16.5. The maximum Gasteiger partial charge on any atom is 0.229 e. The summed E-state index contributed by atoms with van der Waals surface area (Å²) in [6, 6.07) is 8.10. The second-order valence-electron chi connectivity index (χ2n) is 9.29. The Hall–Kier alpha value is -2.04. The zero-order chi connectivity index (χ0) is 20.7. The van der Waals surface area contributed by atoms with E-state index < -0.39 is 5.41 Å². The number of hydrogen-bond donors (Lipinski definition) is 0. The quantitative estimate of drug-likeness (QED) is 0.780. The van der Waals surface area contributed by atoms with Crippen LogP contribution in [-0.4, -0.2) is 54.9 Å². The van der Waals surface area contributed by atoms with E-state index >= 15 is 0 Å². The Morgan fingerprint density at radius 2 is 1.82 bits per heavy atom. The molecule has 28 heavy (non-hydrogen) atoms. The van der Waals surface area contributed by atoms with Crippen LogP contribution in [0.4, 0.5) is 0 Å². The van der Waals surface area contributed by atoms with Crippen LogP contribution in [0.25, 0.3) is 0 Å². The predicted octanol–water partition coefficient (Wildman–Crippen LogP) is 3.37. The minimum absolute atomic E-state index is 0.0453. The Morgan fingerprint density at radius 3 is 2.43 bits per heavy atom. The molecular weight excluding hydrogens is 352 g/mol. The molecule has 1 saturated carbocycles. The van der Waals surface area contributed by atoms with E-state index in [9.17, 15) is 9.59 Å². The summed E-state index contributed by atoms with van der Waals surface area (Å²) in [5.74, 6) is 1.10. The molecule has 0 spiro atoms. The Bertz CT molecular complexity index is 752. The SMILES string of the molecule is CCc1ccccc1OC1CN(C(=O)[C@@]2(C)CC[C@@H](C(=O)N(C)C)C2(C)C)C1. The lowest BCUT2D eigenvalue weighted by Crippen LogP contribution is -2.61. The van der Waals surface area contributed by atoms with Crippen LogP contribution in [0.5, 0.6) is 5.75 Å². The topological polar surface area (TPSA) is 49.9 Å². The van der Waals surface area contributed by atoms with Gasteiger partial charge in [0.1, 0.15) is 11.9 Å². The van der Waals surface area contributed by atoms with Crippen molar-refractivity contribution in [3.63, 3.8) is 0 Å². The summed E-state index contributed by atoms with van der Waals surface area (Å²) in [5.41, 5.74) is 0.308. The molecule has 0 unspecified atom stereocenters. The first-order valence-corrected chi connectivity index (χ1v) is 10.4. The van der Waals surface area contributed by atoms with Crippen molar-refractivity contribution >= 4 is 11.8 Å². The van der Waals surface area contributed by atoms with Crippen LogP contribution >= 0.6 is 0 Å². The molecule has 5 heteroatoms. The van der Waals surface area contributed by atoms with Crippen molar-refractivity contribution in [2.24, 2.45) is 16.7 Å². The summed E-state index contributed by atoms with van der Waals surface area (Å²) in [4.78, 5) is 29.6. The molecule has 5 nitrogen and oxygen atoms in total. The van der Waals surface area contributed by atoms with Crippen LogP contribution in [0.15, 0.2) is 24.3 Å². The largest absolute Gasteiger partial charge is 0.486 e. The van der Waals surface area contributed by atoms with Gasteiger partial charge >= 0.3 is 0 Å². The molecule has 1 aromatic rings. The van der Waals surface area contributed by atoms with Crippen LogP contribution in [0.1, 0.15) is 46.1 Å². The Balaban J connectivity index is 1.65. The molecule has 1 saturated heterocycles. The number of nitrogens with zero attached hydrogens (tertiary/aromatic N) is 2. The van der Waals surface area contributed by atoms with Gasteiger partial charge in [-0.25, -0.2) is 0 Å². The summed E-state index contributed by atoms with van der Waals surface area (Å²) in [7, 11) is 3.59. The molecule has 3 rings (SSSR count). The lowest BCUT2D eigenvalue weighted by Gasteiger charge is -2.47. The second kappa shape index (κ2) is 7.41. The maximum absolute atomic E-state index is 13.4. The number of para-hydroxylation sites is 1. The minimum Gasteiger partial charge on any atom is -0.486 e. The zero-order valence-corrected chi connectivity index (χ0v) is 18.1. The number of aryl methyl sites for hydroxylation is 1. The van der Waals surface area contributed by atoms with Gasteiger partial charge in [0.2, 0.25) is 11.8 Å². The van der Waals surface area contributed by atoms with Crippen molar-refractivity contribution < 1.29 is 14.3 Å². The highest BCUT2D eigenvalue weighted by Crippen LogP contribution is 2.57. The minimum atomic E-state index is -0.518. The number of ether oxygens (including phenoxy) is 1. The second-order valence-corrected chi connectivity index (χ2v) is 9.29. The number of hydrogen-bond acceptors (Lipinski definition) is 3. The molecule has 1 aliphatic carbocycles. The van der Waals surface area contributed by atoms with Gasteiger partial charge in [-0.15, -0.1) is 0 Å². The van der Waals surface area contributed by atoms with Gasteiger partial charge in [0.15, 0.2) is 0 Å². The highest BCUT2D eigenvalue weighted by Gasteiger charge is 2.60. The van der Waals surface area contributed by atoms with E-state index in [0.717, 1.165) is 25.0 Å². The average Bonchev–Trinajstić information content (AvgIpc) is 2.87. The van der Waals surface area contributed by atoms with Crippen LogP contribution in [0.3, 0.4) is 0 Å². The number of likely N-dealkylation sites (tertiary alicyclic amines) is 1. The van der Waals surface area contributed by atoms with Gasteiger partial charge < -0.3 is 14.5 Å². The summed E-state index contributed by atoms with van der Waals surface area (Å²) >= 11 is 0. The Kier molecular flexibility index (Phi) is 5.48. The van der Waals surface area contributed by atoms with Crippen LogP contribution < -0.4 is 4.74 Å². The summed E-state index contributed by atoms with van der Waals surface area (Å²) in [6.07, 6.45) is 2.50. The number of carbonyl (C=O) groups excluding carboxylic acids is 2. The van der Waals surface area contributed by atoms with Gasteiger partial charge in [-0.3, -0.25) is 9.59 Å². The van der Waals surface area contributed by atoms with Gasteiger partial charge in [0.05, 0.1) is 18.5 Å². The molecule has 2 fully saturated rings. The number of rotatable bonds is 5. The van der Waals surface area contributed by atoms with Crippen LogP contribution in [-0.2, 0) is 16.0 Å². The van der Waals surface area contributed by atoms with Gasteiger partial charge in [-0.05, 0) is 36.3 Å². The summed E-state index contributed by atoms with van der Waals surface area (Å²) < 4.78 is 6.14. The molecule has 154 valence electrons. The van der Waals surface area contributed by atoms with Crippen molar-refractivity contribution in [1.82, 2.24) is 9.80 Å². The highest BCUT2D eigenvalue weighted by molar-refractivity contribution is 5.87. The van der Waals surface area contributed by atoms with Gasteiger partial charge in [-0.1, -0.05) is 45.9 Å². The first-order valence-electron chi connectivity index (χ1n) is 10.4. The normalized spacial score (nSPS) is 26.6. The molecule has 0 N–H and O–H groups in total. The fourth-order valence-electron chi connectivity index (χ4n) is 4.74. The van der Waals surface area contributed by atoms with E-state index in [-0.39, 0.29) is 29.3 Å². The van der Waals surface area contributed by atoms with Crippen LogP contribution in [0.2, 0.25) is 0 Å². The third-order valence-corrected chi connectivity index (χ3v) is 7.22. The van der Waals surface area contributed by atoms with E-state index in [1.54, 1.807) is 19.0 Å². The van der Waals surface area contributed by atoms with Gasteiger partial charge in [-0.2, -0.15) is 0 Å². The standard InChI is InChI=1S/C23H34N2O3/c1-7-16-10-8-9-11-19(16)28-17-14-25(15-17)21(27)23(4)13-12-18(22(23,2)3)20(26)24(5)6/h8-11,17-18H,7,12-15H2,1-6H3/t18-,23+/m0/s1. The van der Waals surface area contributed by atoms with Crippen molar-refractivity contribution in [2.45, 2.75) is 53.1 Å². The predicted molar refractivity (Wildman–Crippen MR) is 110 cm³/mol. The van der Waals surface area contributed by atoms with Crippen LogP contribution in [0, 0.1) is 16.7 Å². The fraction of sp³-hybridized carbons (Fsp3) is 0.652. The third kappa shape index (κ3) is 3.29. The van der Waals surface area contributed by atoms with Crippen molar-refractivity contribution in [1.29, 1.82) is 0 Å². The molecule has 0 bridgehead atoms. The van der Waals surface area contributed by atoms with Crippen molar-refractivity contribution in [3.8, 4) is 5.75 Å². The molecule has 0 radical (unpaired) electrons. The van der Waals surface area contributed by atoms with Gasteiger partial charge in [0.25, 0.3) is 0 Å². The Morgan fingerprint density at radius 1 is 1.18 bits per heavy atom. The monoisotopic (exact) mass is 386 g/mol. The van der Waals surface area contributed by atoms with E-state index in [0.29, 0.717) is 13.1 Å². The Labute approximate surface area is 169 Å². The van der Waals surface area contributed by atoms with Gasteiger partial charge in [0, 0.05) is 20.0 Å². The molecule has 1 aliphatic heterocycles. The van der Waals surface area contributed by atoms with E-state index in [2.05, 4.69) is 26.8 Å². The van der Waals surface area contributed by atoms with E-state index in [1.165, 1.54) is 5.56 Å². The molecular formula is C23H34N2O3. The zero-order valence-electron chi connectivity index (χ0n) is 18.1. The van der Waals surface area contributed by atoms with Crippen molar-refractivity contribution in [2.75, 3.05) is 27.2 Å². The fourth-order valence-corrected chi connectivity index (χ4v) is 4.74.